The highest BCUT2D eigenvalue weighted by Crippen LogP contribution is 2.43. The van der Waals surface area contributed by atoms with Crippen LogP contribution >= 0.6 is 11.8 Å². The summed E-state index contributed by atoms with van der Waals surface area (Å²) in [5.74, 6) is 0.0772. The van der Waals surface area contributed by atoms with Gasteiger partial charge in [0.2, 0.25) is 0 Å². The molecule has 0 amide bonds. The zero-order chi connectivity index (χ0) is 13.3. The second-order valence-corrected chi connectivity index (χ2v) is 6.49. The average Bonchev–Trinajstić information content (AvgIpc) is 2.26. The Labute approximate surface area is 110 Å². The first kappa shape index (κ1) is 12.9. The number of hydrogen-bond acceptors (Lipinski definition) is 4. The quantitative estimate of drug-likeness (QED) is 0.466. The van der Waals surface area contributed by atoms with Crippen molar-refractivity contribution in [3.05, 3.63) is 36.4 Å². The smallest absolute Gasteiger partial charge is 0.335 e. The van der Waals surface area contributed by atoms with Crippen LogP contribution in [0.1, 0.15) is 30.6 Å². The third kappa shape index (κ3) is 2.64. The minimum Gasteiger partial charge on any atom is -0.423 e. The van der Waals surface area contributed by atoms with E-state index in [0.29, 0.717) is 17.7 Å². The van der Waals surface area contributed by atoms with Gasteiger partial charge in [-0.25, -0.2) is 4.79 Å². The summed E-state index contributed by atoms with van der Waals surface area (Å²) in [6.45, 7) is 7.40. The molecule has 1 aromatic carbocycles. The minimum absolute atomic E-state index is 0.120. The SMILES string of the molecule is C=CC(=O)Oc1ccc2c(c1)SC(C)(C)CC2=O. The number of carbonyl (C=O) groups is 2. The summed E-state index contributed by atoms with van der Waals surface area (Å²) in [5, 5.41) is 0. The lowest BCUT2D eigenvalue weighted by molar-refractivity contribution is -0.128. The molecule has 2 rings (SSSR count). The van der Waals surface area contributed by atoms with Crippen molar-refractivity contribution in [3.63, 3.8) is 0 Å². The zero-order valence-electron chi connectivity index (χ0n) is 10.4. The number of ketones is 1. The number of benzene rings is 1. The van der Waals surface area contributed by atoms with Gasteiger partial charge in [0.15, 0.2) is 5.78 Å². The summed E-state index contributed by atoms with van der Waals surface area (Å²) in [6, 6.07) is 5.09. The van der Waals surface area contributed by atoms with Gasteiger partial charge in [-0.2, -0.15) is 0 Å². The largest absolute Gasteiger partial charge is 0.423 e. The van der Waals surface area contributed by atoms with Crippen molar-refractivity contribution in [1.29, 1.82) is 0 Å². The molecule has 0 saturated carbocycles. The fourth-order valence-electron chi connectivity index (χ4n) is 1.85. The summed E-state index contributed by atoms with van der Waals surface area (Å²) in [5.41, 5.74) is 0.706. The minimum atomic E-state index is -0.499. The molecular formula is C14H14O3S. The molecule has 1 aliphatic heterocycles. The monoisotopic (exact) mass is 262 g/mol. The highest BCUT2D eigenvalue weighted by atomic mass is 32.2. The van der Waals surface area contributed by atoms with Crippen LogP contribution in [0.4, 0.5) is 0 Å². The van der Waals surface area contributed by atoms with Crippen molar-refractivity contribution >= 4 is 23.5 Å². The summed E-state index contributed by atoms with van der Waals surface area (Å²) < 4.78 is 4.93. The molecule has 0 spiro atoms. The van der Waals surface area contributed by atoms with E-state index < -0.39 is 5.97 Å². The van der Waals surface area contributed by atoms with Gasteiger partial charge in [0, 0.05) is 27.7 Å². The van der Waals surface area contributed by atoms with E-state index in [9.17, 15) is 9.59 Å². The number of ether oxygens (including phenoxy) is 1. The number of Topliss-reactive ketones (excluding diaryl/α,β-unsaturated/α-hetero) is 1. The molecule has 0 atom stereocenters. The number of rotatable bonds is 2. The molecule has 0 aliphatic carbocycles. The Kier molecular flexibility index (Phi) is 3.30. The van der Waals surface area contributed by atoms with Crippen LogP contribution in [0, 0.1) is 0 Å². The molecule has 0 unspecified atom stereocenters. The van der Waals surface area contributed by atoms with E-state index in [1.165, 1.54) is 0 Å². The third-order valence-corrected chi connectivity index (χ3v) is 3.87. The van der Waals surface area contributed by atoms with Crippen molar-refractivity contribution in [1.82, 2.24) is 0 Å². The Morgan fingerprint density at radius 2 is 2.22 bits per heavy atom. The summed E-state index contributed by atoms with van der Waals surface area (Å²) in [4.78, 5) is 23.9. The van der Waals surface area contributed by atoms with Crippen molar-refractivity contribution < 1.29 is 14.3 Å². The summed E-state index contributed by atoms with van der Waals surface area (Å²) in [7, 11) is 0. The summed E-state index contributed by atoms with van der Waals surface area (Å²) in [6.07, 6.45) is 1.64. The molecule has 1 heterocycles. The van der Waals surface area contributed by atoms with E-state index >= 15 is 0 Å². The van der Waals surface area contributed by atoms with E-state index in [1.54, 1.807) is 30.0 Å². The van der Waals surface area contributed by atoms with Crippen LogP contribution in [-0.4, -0.2) is 16.5 Å². The Balaban J connectivity index is 2.34. The fraction of sp³-hybridized carbons (Fsp3) is 0.286. The van der Waals surface area contributed by atoms with Crippen LogP contribution in [0.5, 0.6) is 5.75 Å². The first-order valence-electron chi connectivity index (χ1n) is 5.62. The van der Waals surface area contributed by atoms with E-state index in [0.717, 1.165) is 11.0 Å². The average molecular weight is 262 g/mol. The van der Waals surface area contributed by atoms with E-state index in [-0.39, 0.29) is 10.5 Å². The lowest BCUT2D eigenvalue weighted by Crippen LogP contribution is -2.25. The number of thioether (sulfide) groups is 1. The Morgan fingerprint density at radius 3 is 2.89 bits per heavy atom. The van der Waals surface area contributed by atoms with Gasteiger partial charge < -0.3 is 4.74 Å². The zero-order valence-corrected chi connectivity index (χ0v) is 11.2. The van der Waals surface area contributed by atoms with Crippen LogP contribution < -0.4 is 4.74 Å². The fourth-order valence-corrected chi connectivity index (χ4v) is 3.12. The lowest BCUT2D eigenvalue weighted by atomic mass is 9.99. The molecule has 3 nitrogen and oxygen atoms in total. The third-order valence-electron chi connectivity index (χ3n) is 2.61. The highest BCUT2D eigenvalue weighted by molar-refractivity contribution is 8.00. The molecule has 0 fully saturated rings. The molecule has 94 valence electrons. The molecule has 0 radical (unpaired) electrons. The second-order valence-electron chi connectivity index (χ2n) is 4.74. The lowest BCUT2D eigenvalue weighted by Gasteiger charge is -2.29. The van der Waals surface area contributed by atoms with Crippen molar-refractivity contribution in [2.24, 2.45) is 0 Å². The molecular weight excluding hydrogens is 248 g/mol. The van der Waals surface area contributed by atoms with Crippen LogP contribution in [-0.2, 0) is 4.79 Å². The normalized spacial score (nSPS) is 16.9. The van der Waals surface area contributed by atoms with Gasteiger partial charge >= 0.3 is 5.97 Å². The van der Waals surface area contributed by atoms with Crippen molar-refractivity contribution in [2.75, 3.05) is 0 Å². The number of carbonyl (C=O) groups excluding carboxylic acids is 2. The van der Waals surface area contributed by atoms with Gasteiger partial charge in [0.1, 0.15) is 5.75 Å². The van der Waals surface area contributed by atoms with Crippen molar-refractivity contribution in [3.8, 4) is 5.75 Å². The Hall–Kier alpha value is -1.55. The van der Waals surface area contributed by atoms with E-state index in [1.807, 2.05) is 13.8 Å². The van der Waals surface area contributed by atoms with E-state index in [4.69, 9.17) is 4.74 Å². The molecule has 1 aromatic rings. The first-order valence-corrected chi connectivity index (χ1v) is 6.43. The van der Waals surface area contributed by atoms with Gasteiger partial charge in [0.25, 0.3) is 0 Å². The van der Waals surface area contributed by atoms with Crippen LogP contribution in [0.25, 0.3) is 0 Å². The Bertz CT molecular complexity index is 532. The van der Waals surface area contributed by atoms with Crippen LogP contribution in [0.15, 0.2) is 35.7 Å². The van der Waals surface area contributed by atoms with Gasteiger partial charge in [-0.05, 0) is 32.0 Å². The van der Waals surface area contributed by atoms with Crippen LogP contribution in [0.2, 0.25) is 0 Å². The molecule has 18 heavy (non-hydrogen) atoms. The molecule has 4 heteroatoms. The molecule has 0 saturated heterocycles. The first-order chi connectivity index (χ1) is 8.41. The molecule has 1 aliphatic rings. The summed E-state index contributed by atoms with van der Waals surface area (Å²) >= 11 is 1.63. The number of hydrogen-bond donors (Lipinski definition) is 0. The van der Waals surface area contributed by atoms with Gasteiger partial charge in [-0.1, -0.05) is 6.58 Å². The second kappa shape index (κ2) is 4.61. The molecule has 0 N–H and O–H groups in total. The topological polar surface area (TPSA) is 43.4 Å². The predicted molar refractivity (Wildman–Crippen MR) is 71.2 cm³/mol. The highest BCUT2D eigenvalue weighted by Gasteiger charge is 2.31. The molecule has 0 bridgehead atoms. The van der Waals surface area contributed by atoms with Gasteiger partial charge in [-0.15, -0.1) is 11.8 Å². The van der Waals surface area contributed by atoms with Gasteiger partial charge in [-0.3, -0.25) is 4.79 Å². The van der Waals surface area contributed by atoms with Crippen LogP contribution in [0.3, 0.4) is 0 Å². The number of fused-ring (bicyclic) bond motifs is 1. The predicted octanol–water partition coefficient (Wildman–Crippen LogP) is 3.24. The maximum atomic E-state index is 12.0. The Morgan fingerprint density at radius 1 is 1.50 bits per heavy atom. The maximum Gasteiger partial charge on any atom is 0.335 e. The van der Waals surface area contributed by atoms with Crippen molar-refractivity contribution in [2.45, 2.75) is 29.9 Å². The maximum absolute atomic E-state index is 12.0. The molecule has 0 aromatic heterocycles. The van der Waals surface area contributed by atoms with E-state index in [2.05, 4.69) is 6.58 Å². The van der Waals surface area contributed by atoms with Gasteiger partial charge in [0.05, 0.1) is 0 Å². The standard InChI is InChI=1S/C14H14O3S/c1-4-13(16)17-9-5-6-10-11(15)8-14(2,3)18-12(10)7-9/h4-7H,1,8H2,2-3H3. The number of esters is 1.